The van der Waals surface area contributed by atoms with Gasteiger partial charge in [-0.1, -0.05) is 44.2 Å². The van der Waals surface area contributed by atoms with E-state index in [4.69, 9.17) is 0 Å². The van der Waals surface area contributed by atoms with E-state index in [-0.39, 0.29) is 29.7 Å². The standard InChI is InChI=1S/C26H31N3O3/c1-16(2)12-24(30)29-15-20-7-5-4-6-18(20)14-23(29)26(32)28-22-13-19(9-8-17(22)3)25(31)27-21-10-11-21/h4-9,13,16,21,23H,10-12,14-15H2,1-3H3,(H,27,31)(H,28,32). The number of nitrogens with one attached hydrogen (secondary N) is 2. The Morgan fingerprint density at radius 1 is 1.06 bits per heavy atom. The van der Waals surface area contributed by atoms with Crippen LogP contribution in [-0.2, 0) is 22.6 Å². The molecule has 4 rings (SSSR count). The quantitative estimate of drug-likeness (QED) is 0.727. The van der Waals surface area contributed by atoms with E-state index in [1.807, 2.05) is 51.1 Å². The fourth-order valence-electron chi connectivity index (χ4n) is 4.10. The third kappa shape index (κ3) is 5.01. The zero-order chi connectivity index (χ0) is 22.8. The van der Waals surface area contributed by atoms with Crippen LogP contribution in [0.4, 0.5) is 5.69 Å². The number of fused-ring (bicyclic) bond motifs is 1. The van der Waals surface area contributed by atoms with Gasteiger partial charge in [0.25, 0.3) is 5.91 Å². The van der Waals surface area contributed by atoms with Crippen LogP contribution in [0.1, 0.15) is 60.2 Å². The van der Waals surface area contributed by atoms with Gasteiger partial charge < -0.3 is 15.5 Å². The zero-order valence-corrected chi connectivity index (χ0v) is 19.0. The van der Waals surface area contributed by atoms with Gasteiger partial charge in [-0.3, -0.25) is 14.4 Å². The van der Waals surface area contributed by atoms with Crippen LogP contribution in [0.3, 0.4) is 0 Å². The predicted molar refractivity (Wildman–Crippen MR) is 124 cm³/mol. The molecule has 6 heteroatoms. The van der Waals surface area contributed by atoms with Crippen molar-refractivity contribution in [3.05, 3.63) is 64.7 Å². The van der Waals surface area contributed by atoms with E-state index in [1.165, 1.54) is 0 Å². The second-order valence-corrected chi connectivity index (χ2v) is 9.37. The van der Waals surface area contributed by atoms with Crippen molar-refractivity contribution in [3.63, 3.8) is 0 Å². The lowest BCUT2D eigenvalue weighted by Crippen LogP contribution is -2.50. The van der Waals surface area contributed by atoms with E-state index in [2.05, 4.69) is 10.6 Å². The Bertz CT molecular complexity index is 1040. The van der Waals surface area contributed by atoms with E-state index in [9.17, 15) is 14.4 Å². The zero-order valence-electron chi connectivity index (χ0n) is 19.0. The number of benzene rings is 2. The van der Waals surface area contributed by atoms with Crippen LogP contribution in [0.15, 0.2) is 42.5 Å². The Morgan fingerprint density at radius 2 is 1.78 bits per heavy atom. The van der Waals surface area contributed by atoms with E-state index in [0.29, 0.717) is 30.6 Å². The van der Waals surface area contributed by atoms with Gasteiger partial charge in [-0.05, 0) is 54.5 Å². The highest BCUT2D eigenvalue weighted by Crippen LogP contribution is 2.27. The van der Waals surface area contributed by atoms with Crippen molar-refractivity contribution in [1.82, 2.24) is 10.2 Å². The van der Waals surface area contributed by atoms with Crippen molar-refractivity contribution < 1.29 is 14.4 Å². The highest BCUT2D eigenvalue weighted by atomic mass is 16.2. The monoisotopic (exact) mass is 433 g/mol. The molecule has 0 saturated heterocycles. The van der Waals surface area contributed by atoms with Crippen LogP contribution in [0.5, 0.6) is 0 Å². The van der Waals surface area contributed by atoms with Crippen LogP contribution >= 0.6 is 0 Å². The average Bonchev–Trinajstić information content (AvgIpc) is 3.57. The summed E-state index contributed by atoms with van der Waals surface area (Å²) in [5.41, 5.74) is 4.18. The first-order chi connectivity index (χ1) is 15.3. The number of anilines is 1. The molecule has 6 nitrogen and oxygen atoms in total. The van der Waals surface area contributed by atoms with Crippen LogP contribution in [0.25, 0.3) is 0 Å². The van der Waals surface area contributed by atoms with Crippen LogP contribution in [0, 0.1) is 12.8 Å². The van der Waals surface area contributed by atoms with Crippen LogP contribution in [-0.4, -0.2) is 34.7 Å². The summed E-state index contributed by atoms with van der Waals surface area (Å²) in [4.78, 5) is 40.5. The lowest BCUT2D eigenvalue weighted by molar-refractivity contribution is -0.140. The smallest absolute Gasteiger partial charge is 0.251 e. The summed E-state index contributed by atoms with van der Waals surface area (Å²) in [6.07, 6.45) is 2.92. The van der Waals surface area contributed by atoms with E-state index in [1.54, 1.807) is 17.0 Å². The molecule has 1 unspecified atom stereocenters. The molecule has 2 N–H and O–H groups in total. The molecule has 2 aromatic rings. The third-order valence-corrected chi connectivity index (χ3v) is 6.12. The maximum atomic E-state index is 13.4. The van der Waals surface area contributed by atoms with Gasteiger partial charge in [0.05, 0.1) is 0 Å². The number of nitrogens with zero attached hydrogens (tertiary/aromatic N) is 1. The number of aryl methyl sites for hydroxylation is 1. The van der Waals surface area contributed by atoms with E-state index in [0.717, 1.165) is 29.5 Å². The van der Waals surface area contributed by atoms with Crippen molar-refractivity contribution in [2.24, 2.45) is 5.92 Å². The first kappa shape index (κ1) is 22.1. The number of hydrogen-bond acceptors (Lipinski definition) is 3. The Kier molecular flexibility index (Phi) is 6.31. The molecule has 1 atom stereocenters. The van der Waals surface area contributed by atoms with Gasteiger partial charge in [-0.25, -0.2) is 0 Å². The summed E-state index contributed by atoms with van der Waals surface area (Å²) in [6, 6.07) is 13.0. The molecule has 0 radical (unpaired) electrons. The SMILES string of the molecule is Cc1ccc(C(=O)NC2CC2)cc1NC(=O)C1Cc2ccccc2CN1C(=O)CC(C)C. The molecule has 1 saturated carbocycles. The van der Waals surface area contributed by atoms with Crippen molar-refractivity contribution in [2.75, 3.05) is 5.32 Å². The summed E-state index contributed by atoms with van der Waals surface area (Å²) >= 11 is 0. The van der Waals surface area contributed by atoms with Crippen molar-refractivity contribution in [1.29, 1.82) is 0 Å². The van der Waals surface area contributed by atoms with Gasteiger partial charge in [0, 0.05) is 36.7 Å². The van der Waals surface area contributed by atoms with Crippen molar-refractivity contribution in [3.8, 4) is 0 Å². The Labute approximate surface area is 189 Å². The molecule has 0 bridgehead atoms. The summed E-state index contributed by atoms with van der Waals surface area (Å²) < 4.78 is 0. The first-order valence-corrected chi connectivity index (χ1v) is 11.4. The van der Waals surface area contributed by atoms with Gasteiger partial charge >= 0.3 is 0 Å². The molecule has 3 amide bonds. The van der Waals surface area contributed by atoms with E-state index >= 15 is 0 Å². The maximum Gasteiger partial charge on any atom is 0.251 e. The molecular weight excluding hydrogens is 402 g/mol. The lowest BCUT2D eigenvalue weighted by Gasteiger charge is -2.36. The summed E-state index contributed by atoms with van der Waals surface area (Å²) in [6.45, 7) is 6.34. The van der Waals surface area contributed by atoms with E-state index < -0.39 is 6.04 Å². The third-order valence-electron chi connectivity index (χ3n) is 6.12. The lowest BCUT2D eigenvalue weighted by atomic mass is 9.92. The Balaban J connectivity index is 1.56. The number of rotatable bonds is 6. The fourth-order valence-corrected chi connectivity index (χ4v) is 4.10. The minimum Gasteiger partial charge on any atom is -0.349 e. The fraction of sp³-hybridized carbons (Fsp3) is 0.423. The van der Waals surface area contributed by atoms with Crippen LogP contribution in [0.2, 0.25) is 0 Å². The minimum absolute atomic E-state index is 0.0102. The molecule has 32 heavy (non-hydrogen) atoms. The molecule has 2 aliphatic rings. The second kappa shape index (κ2) is 9.15. The summed E-state index contributed by atoms with van der Waals surface area (Å²) in [7, 11) is 0. The summed E-state index contributed by atoms with van der Waals surface area (Å²) in [5.74, 6) is -0.140. The second-order valence-electron chi connectivity index (χ2n) is 9.37. The summed E-state index contributed by atoms with van der Waals surface area (Å²) in [5, 5.41) is 5.98. The highest BCUT2D eigenvalue weighted by molar-refractivity contribution is 6.00. The molecular formula is C26H31N3O3. The predicted octanol–water partition coefficient (Wildman–Crippen LogP) is 3.83. The van der Waals surface area contributed by atoms with Gasteiger partial charge in [-0.15, -0.1) is 0 Å². The largest absolute Gasteiger partial charge is 0.349 e. The first-order valence-electron chi connectivity index (χ1n) is 11.4. The normalized spacial score (nSPS) is 17.6. The maximum absolute atomic E-state index is 13.4. The van der Waals surface area contributed by atoms with Crippen LogP contribution < -0.4 is 10.6 Å². The van der Waals surface area contributed by atoms with Crippen molar-refractivity contribution >= 4 is 23.4 Å². The van der Waals surface area contributed by atoms with Gasteiger partial charge in [-0.2, -0.15) is 0 Å². The molecule has 2 aromatic carbocycles. The molecule has 0 spiro atoms. The van der Waals surface area contributed by atoms with Gasteiger partial charge in [0.2, 0.25) is 11.8 Å². The topological polar surface area (TPSA) is 78.5 Å². The number of hydrogen-bond donors (Lipinski definition) is 2. The number of carbonyl (C=O) groups excluding carboxylic acids is 3. The molecule has 1 fully saturated rings. The molecule has 168 valence electrons. The molecule has 1 aliphatic heterocycles. The average molecular weight is 434 g/mol. The Hall–Kier alpha value is -3.15. The molecule has 1 heterocycles. The number of carbonyl (C=O) groups is 3. The minimum atomic E-state index is -0.584. The highest BCUT2D eigenvalue weighted by Gasteiger charge is 2.35. The Morgan fingerprint density at radius 3 is 2.47 bits per heavy atom. The van der Waals surface area contributed by atoms with Crippen molar-refractivity contribution in [2.45, 2.75) is 65.1 Å². The van der Waals surface area contributed by atoms with Gasteiger partial charge in [0.15, 0.2) is 0 Å². The number of amides is 3. The molecule has 0 aromatic heterocycles. The molecule has 1 aliphatic carbocycles. The van der Waals surface area contributed by atoms with Gasteiger partial charge in [0.1, 0.15) is 6.04 Å².